The van der Waals surface area contributed by atoms with Gasteiger partial charge in [-0.05, 0) is 18.2 Å². The van der Waals surface area contributed by atoms with Crippen LogP contribution in [0.2, 0.25) is 10.3 Å². The zero-order valence-corrected chi connectivity index (χ0v) is 10.3. The summed E-state index contributed by atoms with van der Waals surface area (Å²) in [6, 6.07) is 7.24. The van der Waals surface area contributed by atoms with Gasteiger partial charge in [0.2, 0.25) is 0 Å². The van der Waals surface area contributed by atoms with Gasteiger partial charge in [-0.25, -0.2) is 4.39 Å². The van der Waals surface area contributed by atoms with Crippen molar-refractivity contribution in [1.82, 2.24) is 10.2 Å². The fourth-order valence-electron chi connectivity index (χ4n) is 1.28. The molecule has 0 atom stereocenters. The second-order valence-electron chi connectivity index (χ2n) is 3.30. The minimum Gasteiger partial charge on any atom is -0.353 e. The molecule has 1 N–H and O–H groups in total. The van der Waals surface area contributed by atoms with Crippen LogP contribution in [0, 0.1) is 17.1 Å². The second-order valence-corrected chi connectivity index (χ2v) is 4.05. The van der Waals surface area contributed by atoms with Crippen LogP contribution in [0.25, 0.3) is 0 Å². The molecule has 7 heteroatoms. The van der Waals surface area contributed by atoms with Crippen LogP contribution in [-0.4, -0.2) is 10.2 Å². The quantitative estimate of drug-likeness (QED) is 0.915. The lowest BCUT2D eigenvalue weighted by atomic mass is 10.2. The Morgan fingerprint density at radius 2 is 2.00 bits per heavy atom. The van der Waals surface area contributed by atoms with Crippen LogP contribution in [-0.2, 0) is 0 Å². The molecule has 0 spiro atoms. The van der Waals surface area contributed by atoms with Crippen LogP contribution in [0.1, 0.15) is 5.56 Å². The van der Waals surface area contributed by atoms with Gasteiger partial charge in [-0.1, -0.05) is 23.2 Å². The molecule has 90 valence electrons. The third-order valence-corrected chi connectivity index (χ3v) is 2.55. The molecular formula is C11H5Cl2FN4. The molecule has 1 aromatic carbocycles. The van der Waals surface area contributed by atoms with Crippen LogP contribution in [0.5, 0.6) is 0 Å². The number of hydrogen-bond donors (Lipinski definition) is 1. The first-order valence-electron chi connectivity index (χ1n) is 4.75. The molecule has 2 aromatic rings. The number of anilines is 2. The highest BCUT2D eigenvalue weighted by atomic mass is 35.5. The van der Waals surface area contributed by atoms with Crippen LogP contribution in [0.4, 0.5) is 15.8 Å². The molecule has 0 amide bonds. The molecule has 0 saturated heterocycles. The van der Waals surface area contributed by atoms with E-state index in [2.05, 4.69) is 15.5 Å². The topological polar surface area (TPSA) is 61.6 Å². The largest absolute Gasteiger partial charge is 0.353 e. The molecular weight excluding hydrogens is 278 g/mol. The summed E-state index contributed by atoms with van der Waals surface area (Å²) in [5.74, 6) is -0.583. The van der Waals surface area contributed by atoms with E-state index < -0.39 is 5.82 Å². The van der Waals surface area contributed by atoms with Gasteiger partial charge in [0.15, 0.2) is 10.3 Å². The molecule has 4 nitrogen and oxygen atoms in total. The molecule has 0 saturated carbocycles. The first-order chi connectivity index (χ1) is 8.60. The highest BCUT2D eigenvalue weighted by Crippen LogP contribution is 2.25. The fraction of sp³-hybridized carbons (Fsp3) is 0. The van der Waals surface area contributed by atoms with E-state index in [1.165, 1.54) is 24.3 Å². The van der Waals surface area contributed by atoms with Gasteiger partial charge in [-0.15, -0.1) is 10.2 Å². The van der Waals surface area contributed by atoms with Crippen molar-refractivity contribution in [2.24, 2.45) is 0 Å². The molecule has 0 unspecified atom stereocenters. The first kappa shape index (κ1) is 12.6. The Balaban J connectivity index is 2.34. The molecule has 1 heterocycles. The van der Waals surface area contributed by atoms with E-state index in [1.807, 2.05) is 0 Å². The van der Waals surface area contributed by atoms with Crippen LogP contribution < -0.4 is 5.32 Å². The summed E-state index contributed by atoms with van der Waals surface area (Å²) >= 11 is 11.5. The van der Waals surface area contributed by atoms with E-state index in [0.717, 1.165) is 0 Å². The number of hydrogen-bond acceptors (Lipinski definition) is 4. The number of nitriles is 1. The highest BCUT2D eigenvalue weighted by Gasteiger charge is 2.07. The van der Waals surface area contributed by atoms with Gasteiger partial charge < -0.3 is 5.32 Å². The normalized spacial score (nSPS) is 9.89. The summed E-state index contributed by atoms with van der Waals surface area (Å²) in [6.07, 6.45) is 0. The predicted molar refractivity (Wildman–Crippen MR) is 66.4 cm³/mol. The van der Waals surface area contributed by atoms with Gasteiger partial charge in [0.25, 0.3) is 0 Å². The third kappa shape index (κ3) is 2.67. The van der Waals surface area contributed by atoms with Crippen molar-refractivity contribution in [1.29, 1.82) is 5.26 Å². The highest BCUT2D eigenvalue weighted by molar-refractivity contribution is 6.33. The van der Waals surface area contributed by atoms with Gasteiger partial charge in [0, 0.05) is 11.8 Å². The molecule has 0 fully saturated rings. The molecule has 0 radical (unpaired) electrons. The molecule has 1 aromatic heterocycles. The van der Waals surface area contributed by atoms with Crippen LogP contribution >= 0.6 is 23.2 Å². The van der Waals surface area contributed by atoms with E-state index in [9.17, 15) is 4.39 Å². The monoisotopic (exact) mass is 282 g/mol. The Hall–Kier alpha value is -1.90. The number of aromatic nitrogens is 2. The number of halogens is 3. The van der Waals surface area contributed by atoms with Crippen molar-refractivity contribution < 1.29 is 4.39 Å². The van der Waals surface area contributed by atoms with Crippen molar-refractivity contribution in [3.05, 3.63) is 46.0 Å². The summed E-state index contributed by atoms with van der Waals surface area (Å²) in [7, 11) is 0. The summed E-state index contributed by atoms with van der Waals surface area (Å²) < 4.78 is 13.1. The minimum absolute atomic E-state index is 0.0655. The van der Waals surface area contributed by atoms with Crippen molar-refractivity contribution in [3.8, 4) is 6.07 Å². The summed E-state index contributed by atoms with van der Waals surface area (Å²) in [6.45, 7) is 0. The number of benzene rings is 1. The Labute approximate surface area is 112 Å². The summed E-state index contributed by atoms with van der Waals surface area (Å²) in [4.78, 5) is 0. The van der Waals surface area contributed by atoms with E-state index in [1.54, 1.807) is 6.07 Å². The number of nitrogens with one attached hydrogen (secondary N) is 1. The van der Waals surface area contributed by atoms with E-state index in [4.69, 9.17) is 28.5 Å². The van der Waals surface area contributed by atoms with Crippen molar-refractivity contribution in [2.45, 2.75) is 0 Å². The maximum atomic E-state index is 13.1. The van der Waals surface area contributed by atoms with E-state index in [0.29, 0.717) is 11.4 Å². The van der Waals surface area contributed by atoms with Gasteiger partial charge in [-0.2, -0.15) is 5.26 Å². The van der Waals surface area contributed by atoms with Gasteiger partial charge in [0.05, 0.1) is 11.3 Å². The Morgan fingerprint density at radius 3 is 2.72 bits per heavy atom. The second kappa shape index (κ2) is 5.17. The number of rotatable bonds is 2. The average molecular weight is 283 g/mol. The van der Waals surface area contributed by atoms with Crippen LogP contribution in [0.15, 0.2) is 24.3 Å². The Morgan fingerprint density at radius 1 is 1.22 bits per heavy atom. The summed E-state index contributed by atoms with van der Waals surface area (Å²) in [5.41, 5.74) is 0.857. The van der Waals surface area contributed by atoms with Gasteiger partial charge >= 0.3 is 0 Å². The average Bonchev–Trinajstić information content (AvgIpc) is 2.36. The molecule has 0 aliphatic rings. The Kier molecular flexibility index (Phi) is 3.60. The van der Waals surface area contributed by atoms with Crippen LogP contribution in [0.3, 0.4) is 0 Å². The number of nitrogens with zero attached hydrogens (tertiary/aromatic N) is 3. The lowest BCUT2D eigenvalue weighted by Gasteiger charge is -2.07. The maximum Gasteiger partial charge on any atom is 0.175 e. The first-order valence-corrected chi connectivity index (χ1v) is 5.51. The van der Waals surface area contributed by atoms with Gasteiger partial charge in [-0.3, -0.25) is 0 Å². The maximum absolute atomic E-state index is 13.1. The molecule has 0 bridgehead atoms. The van der Waals surface area contributed by atoms with Gasteiger partial charge in [0.1, 0.15) is 11.9 Å². The lowest BCUT2D eigenvalue weighted by Crippen LogP contribution is -1.96. The van der Waals surface area contributed by atoms with Crippen molar-refractivity contribution >= 4 is 34.6 Å². The Bertz CT molecular complexity index is 639. The predicted octanol–water partition coefficient (Wildman–Crippen LogP) is 3.54. The molecule has 0 aliphatic heterocycles. The summed E-state index contributed by atoms with van der Waals surface area (Å²) in [5, 5.41) is 19.1. The van der Waals surface area contributed by atoms with E-state index in [-0.39, 0.29) is 15.9 Å². The zero-order valence-electron chi connectivity index (χ0n) is 8.78. The third-order valence-electron chi connectivity index (χ3n) is 2.08. The smallest absolute Gasteiger partial charge is 0.175 e. The minimum atomic E-state index is -0.583. The lowest BCUT2D eigenvalue weighted by molar-refractivity contribution is 0.624. The standard InChI is InChI=1S/C11H5Cl2FN4/c12-10-4-9(11(13)18-17-10)16-7-1-2-8(14)6(3-7)5-15/h1-4H,(H,16,17). The SMILES string of the molecule is N#Cc1cc(Nc2cc(Cl)nnc2Cl)ccc1F. The molecule has 18 heavy (non-hydrogen) atoms. The zero-order chi connectivity index (χ0) is 13.1. The van der Waals surface area contributed by atoms with E-state index >= 15 is 0 Å². The molecule has 0 aliphatic carbocycles. The van der Waals surface area contributed by atoms with Crippen molar-refractivity contribution in [3.63, 3.8) is 0 Å². The fourth-order valence-corrected chi connectivity index (χ4v) is 1.57. The molecule has 2 rings (SSSR count). The van der Waals surface area contributed by atoms with Crippen molar-refractivity contribution in [2.75, 3.05) is 5.32 Å².